The lowest BCUT2D eigenvalue weighted by Crippen LogP contribution is -2.32. The van der Waals surface area contributed by atoms with Gasteiger partial charge in [-0.1, -0.05) is 61.3 Å². The van der Waals surface area contributed by atoms with Crippen LogP contribution in [-0.4, -0.2) is 21.9 Å². The molecule has 0 N–H and O–H groups in total. The summed E-state index contributed by atoms with van der Waals surface area (Å²) in [5.74, 6) is 1.04. The average Bonchev–Trinajstić information content (AvgIpc) is 3.11. The molecule has 1 aliphatic rings. The number of carbonyl (C=O) groups excluding carboxylic acids is 1. The van der Waals surface area contributed by atoms with E-state index in [1.807, 2.05) is 24.3 Å². The molecule has 0 saturated heterocycles. The van der Waals surface area contributed by atoms with Gasteiger partial charge in [-0.2, -0.15) is 0 Å². The van der Waals surface area contributed by atoms with Crippen molar-refractivity contribution in [2.75, 3.05) is 11.4 Å². The van der Waals surface area contributed by atoms with E-state index < -0.39 is 0 Å². The summed E-state index contributed by atoms with van der Waals surface area (Å²) in [5.41, 5.74) is 7.96. The zero-order valence-electron chi connectivity index (χ0n) is 20.8. The summed E-state index contributed by atoms with van der Waals surface area (Å²) < 4.78 is 2.35. The third-order valence-corrected chi connectivity index (χ3v) is 7.53. The molecule has 0 aliphatic carbocycles. The van der Waals surface area contributed by atoms with Crippen molar-refractivity contribution >= 4 is 34.1 Å². The molecule has 0 fully saturated rings. The highest BCUT2D eigenvalue weighted by atomic mass is 35.5. The van der Waals surface area contributed by atoms with E-state index in [-0.39, 0.29) is 5.78 Å². The molecule has 0 bridgehead atoms. The number of benzene rings is 2. The molecule has 180 valence electrons. The van der Waals surface area contributed by atoms with Crippen LogP contribution in [0.5, 0.6) is 0 Å². The Morgan fingerprint density at radius 2 is 1.86 bits per heavy atom. The minimum Gasteiger partial charge on any atom is -0.350 e. The first-order chi connectivity index (χ1) is 17.0. The van der Waals surface area contributed by atoms with Gasteiger partial charge in [0.2, 0.25) is 0 Å². The zero-order valence-corrected chi connectivity index (χ0v) is 21.5. The molecule has 5 heteroatoms. The molecular formula is C30H32ClN3O. The molecule has 0 amide bonds. The molecule has 1 aliphatic heterocycles. The number of aromatic nitrogens is 2. The summed E-state index contributed by atoms with van der Waals surface area (Å²) in [7, 11) is 0. The number of fused-ring (bicyclic) bond motifs is 2. The highest BCUT2D eigenvalue weighted by molar-refractivity contribution is 6.30. The molecule has 5 rings (SSSR count). The number of hydrogen-bond donors (Lipinski definition) is 0. The number of ketones is 1. The third kappa shape index (κ3) is 4.60. The predicted molar refractivity (Wildman–Crippen MR) is 145 cm³/mol. The number of unbranched alkanes of at least 4 members (excludes halogenated alkanes) is 1. The van der Waals surface area contributed by atoms with Crippen LogP contribution in [0.3, 0.4) is 0 Å². The summed E-state index contributed by atoms with van der Waals surface area (Å²) >= 11 is 6.31. The van der Waals surface area contributed by atoms with Gasteiger partial charge < -0.3 is 9.47 Å². The summed E-state index contributed by atoms with van der Waals surface area (Å²) in [6, 6.07) is 18.7. The van der Waals surface area contributed by atoms with Gasteiger partial charge in [0.25, 0.3) is 0 Å². The summed E-state index contributed by atoms with van der Waals surface area (Å²) in [6.45, 7) is 8.82. The molecular weight excluding hydrogens is 454 g/mol. The average molecular weight is 486 g/mol. The SMILES string of the molecule is CCCCC(=O)c1cc2c(C)c(C)n(Cc3cccc(Cl)c3)c2c(N2CCc3ccccc3C2)n1. The van der Waals surface area contributed by atoms with Gasteiger partial charge in [0.15, 0.2) is 11.6 Å². The monoisotopic (exact) mass is 485 g/mol. The van der Waals surface area contributed by atoms with Gasteiger partial charge in [0.1, 0.15) is 5.69 Å². The second-order valence-corrected chi connectivity index (χ2v) is 10.1. The standard InChI is InChI=1S/C30H32ClN3O/c1-4-5-13-28(35)27-17-26-20(2)21(3)34(18-22-9-8-12-25(31)16-22)29(26)30(32-27)33-15-14-23-10-6-7-11-24(23)19-33/h6-12,16-17H,4-5,13-15,18-19H2,1-3H3. The van der Waals surface area contributed by atoms with Crippen molar-refractivity contribution < 1.29 is 4.79 Å². The molecule has 0 unspecified atom stereocenters. The largest absolute Gasteiger partial charge is 0.350 e. The van der Waals surface area contributed by atoms with Crippen molar-refractivity contribution in [1.82, 2.24) is 9.55 Å². The number of hydrogen-bond acceptors (Lipinski definition) is 3. The number of halogens is 1. The van der Waals surface area contributed by atoms with Gasteiger partial charge >= 0.3 is 0 Å². The van der Waals surface area contributed by atoms with Gasteiger partial charge in [-0.05, 0) is 67.1 Å². The summed E-state index contributed by atoms with van der Waals surface area (Å²) in [4.78, 5) is 20.5. The van der Waals surface area contributed by atoms with Gasteiger partial charge in [0.05, 0.1) is 5.52 Å². The van der Waals surface area contributed by atoms with E-state index in [4.69, 9.17) is 16.6 Å². The fourth-order valence-corrected chi connectivity index (χ4v) is 5.38. The Morgan fingerprint density at radius 3 is 2.63 bits per heavy atom. The van der Waals surface area contributed by atoms with E-state index in [2.05, 4.69) is 60.6 Å². The molecule has 0 radical (unpaired) electrons. The van der Waals surface area contributed by atoms with Crippen molar-refractivity contribution in [3.8, 4) is 0 Å². The van der Waals surface area contributed by atoms with Crippen LogP contribution < -0.4 is 4.90 Å². The van der Waals surface area contributed by atoms with Crippen molar-refractivity contribution in [3.63, 3.8) is 0 Å². The first-order valence-electron chi connectivity index (χ1n) is 12.6. The smallest absolute Gasteiger partial charge is 0.181 e. The first-order valence-corrected chi connectivity index (χ1v) is 12.9. The Balaban J connectivity index is 1.67. The molecule has 0 spiro atoms. The van der Waals surface area contributed by atoms with E-state index in [0.29, 0.717) is 18.7 Å². The lowest BCUT2D eigenvalue weighted by Gasteiger charge is -2.31. The fourth-order valence-electron chi connectivity index (χ4n) is 5.16. The van der Waals surface area contributed by atoms with Crippen LogP contribution >= 0.6 is 11.6 Å². The van der Waals surface area contributed by atoms with E-state index in [9.17, 15) is 4.79 Å². The molecule has 2 aromatic heterocycles. The van der Waals surface area contributed by atoms with Crippen molar-refractivity contribution in [1.29, 1.82) is 0 Å². The van der Waals surface area contributed by atoms with Gasteiger partial charge in [-0.15, -0.1) is 0 Å². The number of pyridine rings is 1. The topological polar surface area (TPSA) is 38.1 Å². The van der Waals surface area contributed by atoms with Crippen LogP contribution in [0, 0.1) is 13.8 Å². The first kappa shape index (κ1) is 23.6. The third-order valence-electron chi connectivity index (χ3n) is 7.30. The second-order valence-electron chi connectivity index (χ2n) is 9.62. The van der Waals surface area contributed by atoms with E-state index in [1.54, 1.807) is 0 Å². The predicted octanol–water partition coefficient (Wildman–Crippen LogP) is 7.29. The number of carbonyl (C=O) groups is 1. The van der Waals surface area contributed by atoms with Crippen LogP contribution in [0.25, 0.3) is 10.9 Å². The Labute approximate surface area is 212 Å². The van der Waals surface area contributed by atoms with Crippen molar-refractivity contribution in [2.45, 2.75) is 59.5 Å². The van der Waals surface area contributed by atoms with Crippen LogP contribution in [0.1, 0.15) is 64.6 Å². The summed E-state index contributed by atoms with van der Waals surface area (Å²) in [6.07, 6.45) is 3.40. The molecule has 2 aromatic carbocycles. The Kier molecular flexibility index (Phi) is 6.66. The highest BCUT2D eigenvalue weighted by Crippen LogP contribution is 2.36. The van der Waals surface area contributed by atoms with Crippen molar-refractivity contribution in [3.05, 3.63) is 93.3 Å². The quantitative estimate of drug-likeness (QED) is 0.258. The molecule has 4 aromatic rings. The number of rotatable bonds is 7. The van der Waals surface area contributed by atoms with Crippen LogP contribution in [0.15, 0.2) is 54.6 Å². The Bertz CT molecular complexity index is 1400. The molecule has 35 heavy (non-hydrogen) atoms. The van der Waals surface area contributed by atoms with Crippen LogP contribution in [-0.2, 0) is 19.5 Å². The lowest BCUT2D eigenvalue weighted by molar-refractivity contribution is 0.0975. The van der Waals surface area contributed by atoms with Crippen molar-refractivity contribution in [2.24, 2.45) is 0 Å². The Morgan fingerprint density at radius 1 is 1.06 bits per heavy atom. The molecule has 3 heterocycles. The van der Waals surface area contributed by atoms with Crippen LogP contribution in [0.4, 0.5) is 5.82 Å². The summed E-state index contributed by atoms with van der Waals surface area (Å²) in [5, 5.41) is 1.86. The molecule has 0 saturated carbocycles. The maximum Gasteiger partial charge on any atom is 0.181 e. The zero-order chi connectivity index (χ0) is 24.5. The van der Waals surface area contributed by atoms with E-state index in [1.165, 1.54) is 22.4 Å². The Hall–Kier alpha value is -3.11. The second kappa shape index (κ2) is 9.87. The number of anilines is 1. The van der Waals surface area contributed by atoms with E-state index >= 15 is 0 Å². The van der Waals surface area contributed by atoms with Gasteiger partial charge in [0, 0.05) is 42.2 Å². The maximum absolute atomic E-state index is 13.1. The fraction of sp³-hybridized carbons (Fsp3) is 0.333. The van der Waals surface area contributed by atoms with Gasteiger partial charge in [-0.3, -0.25) is 4.79 Å². The molecule has 4 nitrogen and oxygen atoms in total. The normalized spacial score (nSPS) is 13.3. The van der Waals surface area contributed by atoms with Crippen LogP contribution in [0.2, 0.25) is 5.02 Å². The maximum atomic E-state index is 13.1. The highest BCUT2D eigenvalue weighted by Gasteiger charge is 2.25. The number of aryl methyl sites for hydroxylation is 1. The van der Waals surface area contributed by atoms with Gasteiger partial charge in [-0.25, -0.2) is 4.98 Å². The minimum atomic E-state index is 0.132. The minimum absolute atomic E-state index is 0.132. The lowest BCUT2D eigenvalue weighted by atomic mass is 9.99. The van der Waals surface area contributed by atoms with E-state index in [0.717, 1.165) is 59.7 Å². The number of nitrogens with zero attached hydrogens (tertiary/aromatic N) is 3. The molecule has 0 atom stereocenters. The number of Topliss-reactive ketones (excluding diaryl/α,β-unsaturated/α-hetero) is 1.